The van der Waals surface area contributed by atoms with Crippen molar-refractivity contribution in [2.24, 2.45) is 5.73 Å². The van der Waals surface area contributed by atoms with Gasteiger partial charge in [-0.2, -0.15) is 0 Å². The molecule has 3 rings (SSSR count). The molecule has 0 aliphatic heterocycles. The summed E-state index contributed by atoms with van der Waals surface area (Å²) >= 11 is 1.83. The Morgan fingerprint density at radius 1 is 1.33 bits per heavy atom. The summed E-state index contributed by atoms with van der Waals surface area (Å²) in [4.78, 5) is 4.00. The number of nitrogens with zero attached hydrogens (tertiary/aromatic N) is 1. The second-order valence-electron chi connectivity index (χ2n) is 5.77. The monoisotopic (exact) mass is 299 g/mol. The largest absolute Gasteiger partial charge is 0.384 e. The number of nitrogens with one attached hydrogen (secondary N) is 1. The summed E-state index contributed by atoms with van der Waals surface area (Å²) in [5.74, 6) is 0.141. The minimum absolute atomic E-state index is 0.141. The van der Waals surface area contributed by atoms with Crippen LogP contribution in [-0.2, 0) is 13.1 Å². The fourth-order valence-electron chi connectivity index (χ4n) is 2.62. The van der Waals surface area contributed by atoms with Crippen molar-refractivity contribution in [2.45, 2.75) is 38.9 Å². The molecule has 0 radical (unpaired) electrons. The third kappa shape index (κ3) is 3.52. The summed E-state index contributed by atoms with van der Waals surface area (Å²) in [6.07, 6.45) is 2.63. The van der Waals surface area contributed by atoms with Crippen molar-refractivity contribution < 1.29 is 0 Å². The maximum atomic E-state index is 7.52. The summed E-state index contributed by atoms with van der Waals surface area (Å²) in [5.41, 5.74) is 8.93. The van der Waals surface area contributed by atoms with Gasteiger partial charge in [-0.1, -0.05) is 18.2 Å². The number of aryl methyl sites for hydroxylation is 1. The molecule has 1 aromatic heterocycles. The maximum Gasteiger partial charge on any atom is 0.122 e. The van der Waals surface area contributed by atoms with E-state index in [9.17, 15) is 0 Å². The van der Waals surface area contributed by atoms with Crippen LogP contribution in [0, 0.1) is 12.3 Å². The van der Waals surface area contributed by atoms with E-state index in [1.807, 2.05) is 23.5 Å². The zero-order chi connectivity index (χ0) is 14.8. The number of hydrogen-bond donors (Lipinski definition) is 2. The van der Waals surface area contributed by atoms with E-state index in [0.717, 1.165) is 24.7 Å². The fourth-order valence-corrected chi connectivity index (χ4v) is 3.35. The van der Waals surface area contributed by atoms with Crippen LogP contribution in [0.4, 0.5) is 0 Å². The molecule has 1 aliphatic rings. The number of hydrogen-bond acceptors (Lipinski definition) is 3. The quantitative estimate of drug-likeness (QED) is 0.633. The molecule has 1 fully saturated rings. The van der Waals surface area contributed by atoms with Gasteiger partial charge in [0.1, 0.15) is 5.84 Å². The molecule has 0 bridgehead atoms. The number of nitrogen functional groups attached to an aromatic ring is 1. The van der Waals surface area contributed by atoms with Crippen molar-refractivity contribution in [1.29, 1.82) is 5.41 Å². The Morgan fingerprint density at radius 3 is 2.71 bits per heavy atom. The van der Waals surface area contributed by atoms with Crippen LogP contribution in [0.3, 0.4) is 0 Å². The van der Waals surface area contributed by atoms with Crippen molar-refractivity contribution >= 4 is 17.2 Å². The van der Waals surface area contributed by atoms with E-state index >= 15 is 0 Å². The number of thiophene rings is 1. The molecule has 3 nitrogen and oxygen atoms in total. The van der Waals surface area contributed by atoms with E-state index in [4.69, 9.17) is 11.1 Å². The van der Waals surface area contributed by atoms with Crippen LogP contribution in [0.25, 0.3) is 0 Å². The van der Waals surface area contributed by atoms with Crippen LogP contribution < -0.4 is 5.73 Å². The second-order valence-corrected chi connectivity index (χ2v) is 6.80. The van der Waals surface area contributed by atoms with Crippen molar-refractivity contribution in [1.82, 2.24) is 4.90 Å². The van der Waals surface area contributed by atoms with Crippen LogP contribution >= 0.6 is 11.3 Å². The molecule has 0 spiro atoms. The minimum Gasteiger partial charge on any atom is -0.384 e. The maximum absolute atomic E-state index is 7.52. The molecule has 1 aromatic carbocycles. The molecular formula is C17H21N3S. The number of nitrogens with two attached hydrogens (primary N) is 1. The van der Waals surface area contributed by atoms with Crippen LogP contribution in [0.5, 0.6) is 0 Å². The molecule has 0 amide bonds. The first-order valence-corrected chi connectivity index (χ1v) is 8.22. The smallest absolute Gasteiger partial charge is 0.122 e. The standard InChI is InChI=1S/C17H21N3S/c1-12-9-13(17(18)19)4-5-14(12)10-20(15-6-7-15)11-16-3-2-8-21-16/h2-5,8-9,15H,6-7,10-11H2,1H3,(H3,18,19). The highest BCUT2D eigenvalue weighted by atomic mass is 32.1. The number of amidine groups is 1. The Bertz CT molecular complexity index is 629. The van der Waals surface area contributed by atoms with Crippen LogP contribution in [-0.4, -0.2) is 16.8 Å². The van der Waals surface area contributed by atoms with E-state index in [2.05, 4.69) is 35.4 Å². The van der Waals surface area contributed by atoms with Crippen molar-refractivity contribution in [2.75, 3.05) is 0 Å². The lowest BCUT2D eigenvalue weighted by molar-refractivity contribution is 0.247. The molecule has 0 saturated heterocycles. The van der Waals surface area contributed by atoms with Gasteiger partial charge in [0.25, 0.3) is 0 Å². The third-order valence-corrected chi connectivity index (χ3v) is 4.89. The lowest BCUT2D eigenvalue weighted by Gasteiger charge is -2.22. The summed E-state index contributed by atoms with van der Waals surface area (Å²) in [6, 6.07) is 11.2. The van der Waals surface area contributed by atoms with E-state index in [-0.39, 0.29) is 5.84 Å². The van der Waals surface area contributed by atoms with Crippen molar-refractivity contribution in [3.05, 3.63) is 57.3 Å². The molecule has 21 heavy (non-hydrogen) atoms. The van der Waals surface area contributed by atoms with Gasteiger partial charge in [0.15, 0.2) is 0 Å². The van der Waals surface area contributed by atoms with Gasteiger partial charge in [0.2, 0.25) is 0 Å². The van der Waals surface area contributed by atoms with Gasteiger partial charge in [-0.3, -0.25) is 10.3 Å². The van der Waals surface area contributed by atoms with E-state index in [0.29, 0.717) is 0 Å². The fraction of sp³-hybridized carbons (Fsp3) is 0.353. The highest BCUT2D eigenvalue weighted by Crippen LogP contribution is 2.31. The summed E-state index contributed by atoms with van der Waals surface area (Å²) in [5, 5.41) is 9.67. The SMILES string of the molecule is Cc1cc(C(=N)N)ccc1CN(Cc1cccs1)C1CC1. The lowest BCUT2D eigenvalue weighted by atomic mass is 10.0. The highest BCUT2D eigenvalue weighted by molar-refractivity contribution is 7.09. The van der Waals surface area contributed by atoms with Gasteiger partial charge < -0.3 is 5.73 Å². The Labute approximate surface area is 129 Å². The molecule has 0 unspecified atom stereocenters. The zero-order valence-electron chi connectivity index (χ0n) is 12.3. The molecule has 1 aliphatic carbocycles. The molecule has 3 N–H and O–H groups in total. The summed E-state index contributed by atoms with van der Waals surface area (Å²) in [6.45, 7) is 4.13. The van der Waals surface area contributed by atoms with E-state index < -0.39 is 0 Å². The average Bonchev–Trinajstić information content (AvgIpc) is 3.18. The second kappa shape index (κ2) is 6.00. The van der Waals surface area contributed by atoms with Crippen LogP contribution in [0.15, 0.2) is 35.7 Å². The van der Waals surface area contributed by atoms with Gasteiger partial charge in [0, 0.05) is 29.6 Å². The molecule has 1 saturated carbocycles. The Kier molecular flexibility index (Phi) is 4.08. The number of benzene rings is 1. The first-order chi connectivity index (χ1) is 10.1. The van der Waals surface area contributed by atoms with E-state index in [1.54, 1.807) is 0 Å². The molecule has 110 valence electrons. The van der Waals surface area contributed by atoms with Crippen molar-refractivity contribution in [3.8, 4) is 0 Å². The van der Waals surface area contributed by atoms with Crippen LogP contribution in [0.2, 0.25) is 0 Å². The Hall–Kier alpha value is -1.65. The van der Waals surface area contributed by atoms with Crippen molar-refractivity contribution in [3.63, 3.8) is 0 Å². The highest BCUT2D eigenvalue weighted by Gasteiger charge is 2.29. The molecule has 2 aromatic rings. The van der Waals surface area contributed by atoms with Gasteiger partial charge in [-0.15, -0.1) is 11.3 Å². The van der Waals surface area contributed by atoms with Gasteiger partial charge in [-0.25, -0.2) is 0 Å². The zero-order valence-corrected chi connectivity index (χ0v) is 13.1. The molecule has 1 heterocycles. The Balaban J connectivity index is 1.75. The predicted molar refractivity (Wildman–Crippen MR) is 88.8 cm³/mol. The van der Waals surface area contributed by atoms with Gasteiger partial charge in [-0.05, 0) is 48.4 Å². The first-order valence-electron chi connectivity index (χ1n) is 7.34. The first kappa shape index (κ1) is 14.3. The molecule has 0 atom stereocenters. The number of rotatable bonds is 6. The lowest BCUT2D eigenvalue weighted by Crippen LogP contribution is -2.25. The van der Waals surface area contributed by atoms with Crippen LogP contribution in [0.1, 0.15) is 34.4 Å². The summed E-state index contributed by atoms with van der Waals surface area (Å²) < 4.78 is 0. The van der Waals surface area contributed by atoms with Gasteiger partial charge >= 0.3 is 0 Å². The van der Waals surface area contributed by atoms with E-state index in [1.165, 1.54) is 28.8 Å². The molecule has 4 heteroatoms. The average molecular weight is 299 g/mol. The summed E-state index contributed by atoms with van der Waals surface area (Å²) in [7, 11) is 0. The third-order valence-electron chi connectivity index (χ3n) is 4.03. The molecular weight excluding hydrogens is 278 g/mol. The minimum atomic E-state index is 0.141. The van der Waals surface area contributed by atoms with Gasteiger partial charge in [0.05, 0.1) is 0 Å². The topological polar surface area (TPSA) is 53.1 Å². The normalized spacial score (nSPS) is 14.6. The predicted octanol–water partition coefficient (Wildman–Crippen LogP) is 3.51. The Morgan fingerprint density at radius 2 is 2.14 bits per heavy atom.